The van der Waals surface area contributed by atoms with Gasteiger partial charge in [-0.3, -0.25) is 0 Å². The quantitative estimate of drug-likeness (QED) is 0.434. The van der Waals surface area contributed by atoms with E-state index in [0.29, 0.717) is 0 Å². The van der Waals surface area contributed by atoms with Crippen molar-refractivity contribution in [2.45, 2.75) is 52.4 Å². The van der Waals surface area contributed by atoms with Gasteiger partial charge in [-0.1, -0.05) is 86.1 Å². The van der Waals surface area contributed by atoms with Crippen molar-refractivity contribution >= 4 is 34.8 Å². The normalized spacial score (nSPS) is 12.6. The zero-order valence-electron chi connectivity index (χ0n) is 13.1. The predicted molar refractivity (Wildman–Crippen MR) is 99.0 cm³/mol. The molecule has 0 unspecified atom stereocenters. The lowest BCUT2D eigenvalue weighted by atomic mass is 9.72. The molecule has 21 heavy (non-hydrogen) atoms. The number of allylic oxidation sites excluding steroid dienone is 2. The zero-order chi connectivity index (χ0) is 15.5. The summed E-state index contributed by atoms with van der Waals surface area (Å²) in [4.78, 5) is 0. The molecule has 0 spiro atoms. The summed E-state index contributed by atoms with van der Waals surface area (Å²) >= 11 is 12.7. The molecule has 0 aliphatic rings. The van der Waals surface area contributed by atoms with Gasteiger partial charge in [0.1, 0.15) is 0 Å². The van der Waals surface area contributed by atoms with Crippen LogP contribution in [0.3, 0.4) is 0 Å². The fourth-order valence-electron chi connectivity index (χ4n) is 2.19. The van der Waals surface area contributed by atoms with Crippen molar-refractivity contribution in [3.63, 3.8) is 0 Å². The van der Waals surface area contributed by atoms with Crippen LogP contribution in [-0.2, 0) is 0 Å². The van der Waals surface area contributed by atoms with E-state index in [4.69, 9.17) is 23.1 Å². The van der Waals surface area contributed by atoms with Gasteiger partial charge in [-0.2, -0.15) is 11.5 Å². The first kappa shape index (κ1) is 18.4. The maximum absolute atomic E-state index is 6.44. The van der Waals surface area contributed by atoms with Gasteiger partial charge in [0.25, 0.3) is 0 Å². The molecule has 1 rings (SSSR count). The lowest BCUT2D eigenvalue weighted by Gasteiger charge is -2.08. The van der Waals surface area contributed by atoms with Crippen molar-refractivity contribution in [1.29, 1.82) is 0 Å². The summed E-state index contributed by atoms with van der Waals surface area (Å²) in [6.45, 7) is 4.38. The van der Waals surface area contributed by atoms with E-state index in [2.05, 4.69) is 44.1 Å². The van der Waals surface area contributed by atoms with Crippen LogP contribution >= 0.6 is 23.1 Å². The molecule has 0 saturated heterocycles. The Balaban J connectivity index is 2.82. The molecule has 0 saturated carbocycles. The summed E-state index contributed by atoms with van der Waals surface area (Å²) in [5.74, 6) is 4.11. The van der Waals surface area contributed by atoms with E-state index < -0.39 is 0 Å². The maximum Gasteiger partial charge on any atom is 0.302 e. The second kappa shape index (κ2) is 11.0. The number of benzene rings is 1. The second-order valence-corrected chi connectivity index (χ2v) is 6.31. The molecule has 114 valence electrons. The zero-order valence-corrected chi connectivity index (χ0v) is 14.6. The highest BCUT2D eigenvalue weighted by molar-refractivity contribution is 7.13. The fraction of sp³-hybridized carbons (Fsp3) is 0.444. The van der Waals surface area contributed by atoms with Crippen molar-refractivity contribution < 1.29 is 0 Å². The van der Waals surface area contributed by atoms with E-state index in [-0.39, 0.29) is 6.13 Å². The van der Waals surface area contributed by atoms with Crippen molar-refractivity contribution in [3.05, 3.63) is 52.9 Å². The van der Waals surface area contributed by atoms with E-state index in [1.807, 2.05) is 12.0 Å². The molecule has 0 fully saturated rings. The molecular weight excluding hydrogens is 298 g/mol. The molecule has 0 nitrogen and oxygen atoms in total. The Labute approximate surface area is 140 Å². The van der Waals surface area contributed by atoms with Crippen LogP contribution in [0.1, 0.15) is 57.9 Å². The molecular formula is C18H25BCl2. The molecule has 0 aromatic heterocycles. The Morgan fingerprint density at radius 3 is 2.24 bits per heavy atom. The van der Waals surface area contributed by atoms with E-state index in [0.717, 1.165) is 30.7 Å². The van der Waals surface area contributed by atoms with Gasteiger partial charge in [0.05, 0.1) is 0 Å². The van der Waals surface area contributed by atoms with Crippen LogP contribution in [0.5, 0.6) is 0 Å². The Morgan fingerprint density at radius 1 is 1.00 bits per heavy atom. The van der Waals surface area contributed by atoms with Crippen LogP contribution < -0.4 is 0 Å². The summed E-state index contributed by atoms with van der Waals surface area (Å²) in [6, 6.07) is 10.5. The van der Waals surface area contributed by atoms with Gasteiger partial charge in [-0.15, -0.1) is 0 Å². The van der Waals surface area contributed by atoms with Crippen LogP contribution in [0.4, 0.5) is 0 Å². The molecule has 1 aromatic rings. The molecule has 0 amide bonds. The Bertz CT molecular complexity index is 452. The molecule has 1 aromatic carbocycles. The standard InChI is InChI=1S/C18H25BCl2/c1-3-5-10-17(16-11-8-7-9-12-16)14-19(21)15-18(20)13-6-4-2/h7-9,11-12,14-15H,3-6,10,13H2,1-2H3. The average molecular weight is 323 g/mol. The Morgan fingerprint density at radius 2 is 1.62 bits per heavy atom. The summed E-state index contributed by atoms with van der Waals surface area (Å²) in [5, 5.41) is 0.871. The minimum Gasteiger partial charge on any atom is -0.183 e. The molecule has 0 heterocycles. The molecule has 3 heteroatoms. The first-order chi connectivity index (χ1) is 10.2. The molecule has 0 atom stereocenters. The van der Waals surface area contributed by atoms with Gasteiger partial charge in [0, 0.05) is 5.03 Å². The molecule has 0 aliphatic heterocycles. The third-order valence-corrected chi connectivity index (χ3v) is 3.98. The van der Waals surface area contributed by atoms with Gasteiger partial charge in [0.15, 0.2) is 0 Å². The minimum atomic E-state index is -0.138. The van der Waals surface area contributed by atoms with Gasteiger partial charge in [-0.25, -0.2) is 0 Å². The SMILES string of the molecule is CCCCC(Cl)=CB(Cl)C=C(CCCC)c1ccccc1. The third kappa shape index (κ3) is 7.78. The van der Waals surface area contributed by atoms with E-state index in [9.17, 15) is 0 Å². The number of unbranched alkanes of at least 4 members (excludes halogenated alkanes) is 2. The highest BCUT2D eigenvalue weighted by Crippen LogP contribution is 2.23. The van der Waals surface area contributed by atoms with Gasteiger partial charge in [0.2, 0.25) is 0 Å². The van der Waals surface area contributed by atoms with Crippen LogP contribution in [0.25, 0.3) is 5.57 Å². The van der Waals surface area contributed by atoms with Crippen molar-refractivity contribution in [2.24, 2.45) is 0 Å². The molecule has 0 aliphatic carbocycles. The highest BCUT2D eigenvalue weighted by Gasteiger charge is 2.09. The smallest absolute Gasteiger partial charge is 0.183 e. The van der Waals surface area contributed by atoms with Gasteiger partial charge in [-0.05, 0) is 31.2 Å². The maximum atomic E-state index is 6.44. The fourth-order valence-corrected chi connectivity index (χ4v) is 2.82. The van der Waals surface area contributed by atoms with Gasteiger partial charge >= 0.3 is 6.13 Å². The summed E-state index contributed by atoms with van der Waals surface area (Å²) in [6.07, 6.45) is 6.47. The Hall–Kier alpha value is -0.655. The van der Waals surface area contributed by atoms with E-state index >= 15 is 0 Å². The summed E-state index contributed by atoms with van der Waals surface area (Å²) in [7, 11) is 0. The minimum absolute atomic E-state index is 0.138. The van der Waals surface area contributed by atoms with Gasteiger partial charge < -0.3 is 0 Å². The largest absolute Gasteiger partial charge is 0.302 e. The first-order valence-corrected chi connectivity index (χ1v) is 8.75. The van der Waals surface area contributed by atoms with Crippen LogP contribution in [0.15, 0.2) is 47.3 Å². The second-order valence-electron chi connectivity index (χ2n) is 5.32. The number of halogens is 2. The van der Waals surface area contributed by atoms with Crippen LogP contribution in [0, 0.1) is 0 Å². The lowest BCUT2D eigenvalue weighted by Crippen LogP contribution is -1.99. The number of rotatable bonds is 9. The van der Waals surface area contributed by atoms with Crippen molar-refractivity contribution in [2.75, 3.05) is 0 Å². The lowest BCUT2D eigenvalue weighted by molar-refractivity contribution is 0.808. The highest BCUT2D eigenvalue weighted by atomic mass is 35.5. The molecule has 0 N–H and O–H groups in total. The summed E-state index contributed by atoms with van der Waals surface area (Å²) < 4.78 is 0. The monoisotopic (exact) mass is 322 g/mol. The topological polar surface area (TPSA) is 0 Å². The van der Waals surface area contributed by atoms with Crippen LogP contribution in [0.2, 0.25) is 0 Å². The Kier molecular flexibility index (Phi) is 9.62. The van der Waals surface area contributed by atoms with Crippen molar-refractivity contribution in [3.8, 4) is 0 Å². The average Bonchev–Trinajstić information content (AvgIpc) is 2.50. The predicted octanol–water partition coefficient (Wildman–Crippen LogP) is 6.88. The number of hydrogen-bond donors (Lipinski definition) is 0. The third-order valence-electron chi connectivity index (χ3n) is 3.41. The summed E-state index contributed by atoms with van der Waals surface area (Å²) in [5.41, 5.74) is 2.57. The van der Waals surface area contributed by atoms with E-state index in [1.165, 1.54) is 24.0 Å². The van der Waals surface area contributed by atoms with Crippen LogP contribution in [-0.4, -0.2) is 6.13 Å². The van der Waals surface area contributed by atoms with E-state index in [1.54, 1.807) is 0 Å². The molecule has 0 radical (unpaired) electrons. The van der Waals surface area contributed by atoms with Crippen molar-refractivity contribution in [1.82, 2.24) is 0 Å². The number of hydrogen-bond acceptors (Lipinski definition) is 0. The molecule has 0 bridgehead atoms. The first-order valence-electron chi connectivity index (χ1n) is 7.93.